The Labute approximate surface area is 110 Å². The second-order valence-electron chi connectivity index (χ2n) is 6.35. The molecule has 1 atom stereocenters. The highest BCUT2D eigenvalue weighted by atomic mass is 16.3. The van der Waals surface area contributed by atoms with Gasteiger partial charge in [-0.15, -0.1) is 0 Å². The number of carbonyl (C=O) groups is 1. The SMILES string of the molecule is CN1C(=O)C(CCO)N(C2CCCC2)CC1(C)C. The Morgan fingerprint density at radius 2 is 1.94 bits per heavy atom. The van der Waals surface area contributed by atoms with Crippen LogP contribution >= 0.6 is 0 Å². The third kappa shape index (κ3) is 2.41. The molecule has 1 saturated heterocycles. The topological polar surface area (TPSA) is 43.8 Å². The van der Waals surface area contributed by atoms with Crippen LogP contribution in [0.1, 0.15) is 46.0 Å². The first-order valence-electron chi connectivity index (χ1n) is 7.11. The Kier molecular flexibility index (Phi) is 3.97. The van der Waals surface area contributed by atoms with Gasteiger partial charge in [0.1, 0.15) is 0 Å². The van der Waals surface area contributed by atoms with Crippen molar-refractivity contribution in [2.24, 2.45) is 0 Å². The normalized spacial score (nSPS) is 30.1. The van der Waals surface area contributed by atoms with E-state index in [1.54, 1.807) is 0 Å². The quantitative estimate of drug-likeness (QED) is 0.824. The first-order chi connectivity index (χ1) is 8.47. The number of rotatable bonds is 3. The van der Waals surface area contributed by atoms with Gasteiger partial charge in [-0.1, -0.05) is 12.8 Å². The standard InChI is InChI=1S/C14H26N2O2/c1-14(2)10-16(11-6-4-5-7-11)12(8-9-17)13(18)15(14)3/h11-12,17H,4-10H2,1-3H3. The summed E-state index contributed by atoms with van der Waals surface area (Å²) in [6, 6.07) is 0.426. The van der Waals surface area contributed by atoms with E-state index in [4.69, 9.17) is 0 Å². The molecule has 104 valence electrons. The van der Waals surface area contributed by atoms with E-state index in [1.807, 2.05) is 11.9 Å². The van der Waals surface area contributed by atoms with Crippen molar-refractivity contribution in [2.45, 2.75) is 63.6 Å². The van der Waals surface area contributed by atoms with Gasteiger partial charge in [0.2, 0.25) is 5.91 Å². The molecule has 4 nitrogen and oxygen atoms in total. The summed E-state index contributed by atoms with van der Waals surface area (Å²) in [4.78, 5) is 16.7. The molecule has 0 bridgehead atoms. The lowest BCUT2D eigenvalue weighted by Gasteiger charge is -2.51. The average Bonchev–Trinajstić information content (AvgIpc) is 2.83. The third-order valence-corrected chi connectivity index (χ3v) is 4.69. The average molecular weight is 254 g/mol. The molecule has 2 aliphatic rings. The van der Waals surface area contributed by atoms with Crippen molar-refractivity contribution in [1.82, 2.24) is 9.80 Å². The predicted octanol–water partition coefficient (Wildman–Crippen LogP) is 1.23. The van der Waals surface area contributed by atoms with Crippen molar-refractivity contribution in [1.29, 1.82) is 0 Å². The van der Waals surface area contributed by atoms with Gasteiger partial charge < -0.3 is 10.0 Å². The lowest BCUT2D eigenvalue weighted by molar-refractivity contribution is -0.152. The maximum Gasteiger partial charge on any atom is 0.240 e. The van der Waals surface area contributed by atoms with Crippen molar-refractivity contribution >= 4 is 5.91 Å². The maximum absolute atomic E-state index is 12.5. The number of hydrogen-bond acceptors (Lipinski definition) is 3. The number of nitrogens with zero attached hydrogens (tertiary/aromatic N) is 2. The van der Waals surface area contributed by atoms with Crippen LogP contribution in [0.4, 0.5) is 0 Å². The molecule has 0 aromatic carbocycles. The maximum atomic E-state index is 12.5. The first kappa shape index (κ1) is 13.8. The molecule has 2 fully saturated rings. The smallest absolute Gasteiger partial charge is 0.240 e. The lowest BCUT2D eigenvalue weighted by atomic mass is 9.92. The van der Waals surface area contributed by atoms with Crippen LogP contribution in [-0.4, -0.2) is 58.6 Å². The molecule has 0 aromatic heterocycles. The summed E-state index contributed by atoms with van der Waals surface area (Å²) in [5.41, 5.74) is -0.106. The van der Waals surface area contributed by atoms with E-state index in [1.165, 1.54) is 25.7 Å². The molecule has 1 unspecified atom stereocenters. The number of amides is 1. The van der Waals surface area contributed by atoms with E-state index in [2.05, 4.69) is 18.7 Å². The summed E-state index contributed by atoms with van der Waals surface area (Å²) in [5, 5.41) is 9.22. The minimum Gasteiger partial charge on any atom is -0.396 e. The second-order valence-corrected chi connectivity index (χ2v) is 6.35. The van der Waals surface area contributed by atoms with Gasteiger partial charge in [-0.25, -0.2) is 0 Å². The van der Waals surface area contributed by atoms with Crippen molar-refractivity contribution in [3.05, 3.63) is 0 Å². The third-order valence-electron chi connectivity index (χ3n) is 4.69. The number of aliphatic hydroxyl groups is 1. The van der Waals surface area contributed by atoms with Crippen LogP contribution < -0.4 is 0 Å². The van der Waals surface area contributed by atoms with Gasteiger partial charge >= 0.3 is 0 Å². The summed E-state index contributed by atoms with van der Waals surface area (Å²) in [7, 11) is 1.89. The van der Waals surface area contributed by atoms with E-state index in [0.717, 1.165) is 6.54 Å². The molecule has 1 amide bonds. The second kappa shape index (κ2) is 5.17. The molecular formula is C14H26N2O2. The summed E-state index contributed by atoms with van der Waals surface area (Å²) < 4.78 is 0. The molecule has 1 N–H and O–H groups in total. The zero-order valence-electron chi connectivity index (χ0n) is 11.9. The molecule has 1 aliphatic heterocycles. The van der Waals surface area contributed by atoms with E-state index in [9.17, 15) is 9.90 Å². The zero-order valence-corrected chi connectivity index (χ0v) is 11.9. The summed E-state index contributed by atoms with van der Waals surface area (Å²) in [6.07, 6.45) is 5.52. The Hall–Kier alpha value is -0.610. The summed E-state index contributed by atoms with van der Waals surface area (Å²) in [5.74, 6) is 0.173. The molecule has 18 heavy (non-hydrogen) atoms. The first-order valence-corrected chi connectivity index (χ1v) is 7.11. The van der Waals surface area contributed by atoms with Gasteiger partial charge in [-0.3, -0.25) is 9.69 Å². The van der Waals surface area contributed by atoms with Gasteiger partial charge in [0, 0.05) is 31.8 Å². The molecule has 1 aliphatic carbocycles. The Balaban J connectivity index is 2.20. The number of hydrogen-bond donors (Lipinski definition) is 1. The van der Waals surface area contributed by atoms with E-state index >= 15 is 0 Å². The Bertz CT molecular complexity index is 311. The van der Waals surface area contributed by atoms with Crippen LogP contribution in [0.2, 0.25) is 0 Å². The highest BCUT2D eigenvalue weighted by molar-refractivity contribution is 5.83. The van der Waals surface area contributed by atoms with Gasteiger partial charge in [-0.2, -0.15) is 0 Å². The van der Waals surface area contributed by atoms with E-state index in [0.29, 0.717) is 12.5 Å². The van der Waals surface area contributed by atoms with Crippen LogP contribution in [-0.2, 0) is 4.79 Å². The molecule has 1 heterocycles. The molecule has 4 heteroatoms. The van der Waals surface area contributed by atoms with E-state index in [-0.39, 0.29) is 24.1 Å². The van der Waals surface area contributed by atoms with Crippen molar-refractivity contribution in [2.75, 3.05) is 20.2 Å². The number of likely N-dealkylation sites (N-methyl/N-ethyl adjacent to an activating group) is 1. The number of aliphatic hydroxyl groups excluding tert-OH is 1. The molecule has 0 spiro atoms. The highest BCUT2D eigenvalue weighted by Crippen LogP contribution is 2.32. The van der Waals surface area contributed by atoms with Crippen LogP contribution in [0.25, 0.3) is 0 Å². The minimum absolute atomic E-state index is 0.0912. The Morgan fingerprint density at radius 3 is 2.50 bits per heavy atom. The van der Waals surface area contributed by atoms with Crippen LogP contribution in [0.15, 0.2) is 0 Å². The highest BCUT2D eigenvalue weighted by Gasteiger charge is 2.45. The zero-order chi connectivity index (χ0) is 13.3. The molecular weight excluding hydrogens is 228 g/mol. The fraction of sp³-hybridized carbons (Fsp3) is 0.929. The fourth-order valence-electron chi connectivity index (χ4n) is 3.36. The number of carbonyl (C=O) groups excluding carboxylic acids is 1. The number of piperazine rings is 1. The predicted molar refractivity (Wildman–Crippen MR) is 71.3 cm³/mol. The molecule has 0 radical (unpaired) electrons. The molecule has 0 aromatic rings. The molecule has 1 saturated carbocycles. The van der Waals surface area contributed by atoms with Crippen LogP contribution in [0.5, 0.6) is 0 Å². The van der Waals surface area contributed by atoms with Crippen LogP contribution in [0.3, 0.4) is 0 Å². The van der Waals surface area contributed by atoms with Crippen LogP contribution in [0, 0.1) is 0 Å². The molecule has 2 rings (SSSR count). The van der Waals surface area contributed by atoms with Crippen molar-refractivity contribution in [3.8, 4) is 0 Å². The fourth-order valence-corrected chi connectivity index (χ4v) is 3.36. The monoisotopic (exact) mass is 254 g/mol. The van der Waals surface area contributed by atoms with Gasteiger partial charge in [-0.05, 0) is 33.1 Å². The lowest BCUT2D eigenvalue weighted by Crippen LogP contribution is -2.66. The van der Waals surface area contributed by atoms with Gasteiger partial charge in [0.05, 0.1) is 6.04 Å². The van der Waals surface area contributed by atoms with Crippen molar-refractivity contribution in [3.63, 3.8) is 0 Å². The summed E-state index contributed by atoms with van der Waals surface area (Å²) in [6.45, 7) is 5.27. The summed E-state index contributed by atoms with van der Waals surface area (Å²) >= 11 is 0. The largest absolute Gasteiger partial charge is 0.396 e. The van der Waals surface area contributed by atoms with Gasteiger partial charge in [0.15, 0.2) is 0 Å². The van der Waals surface area contributed by atoms with E-state index < -0.39 is 0 Å². The Morgan fingerprint density at radius 1 is 1.33 bits per heavy atom. The minimum atomic E-state index is -0.115. The van der Waals surface area contributed by atoms with Gasteiger partial charge in [0.25, 0.3) is 0 Å². The van der Waals surface area contributed by atoms with Crippen molar-refractivity contribution < 1.29 is 9.90 Å².